The van der Waals surface area contributed by atoms with Gasteiger partial charge in [-0.05, 0) is 31.3 Å². The molecule has 8 nitrogen and oxygen atoms in total. The van der Waals surface area contributed by atoms with Gasteiger partial charge in [-0.25, -0.2) is 9.78 Å². The first-order valence-electron chi connectivity index (χ1n) is 8.74. The molecule has 0 aromatic carbocycles. The van der Waals surface area contributed by atoms with Crippen LogP contribution in [0.15, 0.2) is 0 Å². The van der Waals surface area contributed by atoms with E-state index in [0.717, 1.165) is 34.9 Å². The Hall–Kier alpha value is -2.07. The summed E-state index contributed by atoms with van der Waals surface area (Å²) in [5, 5.41) is 10.3. The second kappa shape index (κ2) is 7.28. The van der Waals surface area contributed by atoms with Crippen molar-refractivity contribution in [1.29, 1.82) is 0 Å². The highest BCUT2D eigenvalue weighted by Crippen LogP contribution is 2.29. The van der Waals surface area contributed by atoms with E-state index in [4.69, 9.17) is 0 Å². The van der Waals surface area contributed by atoms with Gasteiger partial charge >= 0.3 is 6.03 Å². The number of fused-ring (bicyclic) bond motifs is 1. The van der Waals surface area contributed by atoms with Gasteiger partial charge in [-0.2, -0.15) is 0 Å². The van der Waals surface area contributed by atoms with Crippen LogP contribution < -0.4 is 10.6 Å². The number of nitrogens with one attached hydrogen (secondary N) is 2. The van der Waals surface area contributed by atoms with Crippen LogP contribution in [0.2, 0.25) is 0 Å². The Kier molecular flexibility index (Phi) is 4.86. The molecule has 2 aromatic rings. The average Bonchev–Trinajstić information content (AvgIpc) is 3.34. The lowest BCUT2D eigenvalue weighted by Gasteiger charge is -2.25. The zero-order valence-electron chi connectivity index (χ0n) is 14.4. The van der Waals surface area contributed by atoms with Crippen molar-refractivity contribution in [2.24, 2.45) is 0 Å². The van der Waals surface area contributed by atoms with Crippen molar-refractivity contribution in [1.82, 2.24) is 24.8 Å². The third-order valence-electron chi connectivity index (χ3n) is 4.78. The maximum atomic E-state index is 12.6. The van der Waals surface area contributed by atoms with E-state index in [0.29, 0.717) is 35.2 Å². The minimum atomic E-state index is -0.192. The molecular weight excluding hydrogens is 372 g/mol. The summed E-state index contributed by atoms with van der Waals surface area (Å²) >= 11 is 2.57. The molecule has 2 N–H and O–H groups in total. The number of carbonyl (C=O) groups is 2. The van der Waals surface area contributed by atoms with Crippen LogP contribution in [0.25, 0.3) is 0 Å². The molecule has 0 radical (unpaired) electrons. The van der Waals surface area contributed by atoms with Gasteiger partial charge in [-0.15, -0.1) is 5.10 Å². The second-order valence-electron chi connectivity index (χ2n) is 6.63. The molecule has 0 spiro atoms. The molecule has 2 aliphatic rings. The zero-order valence-corrected chi connectivity index (χ0v) is 16.1. The van der Waals surface area contributed by atoms with Crippen LogP contribution in [0, 0.1) is 6.92 Å². The lowest BCUT2D eigenvalue weighted by Crippen LogP contribution is -2.36. The summed E-state index contributed by atoms with van der Waals surface area (Å²) in [6.45, 7) is 2.92. The molecule has 1 aliphatic heterocycles. The van der Waals surface area contributed by atoms with E-state index in [1.807, 2.05) is 0 Å². The topological polar surface area (TPSA) is 100 Å². The van der Waals surface area contributed by atoms with Crippen molar-refractivity contribution in [2.75, 3.05) is 11.9 Å². The van der Waals surface area contributed by atoms with Crippen LogP contribution in [0.4, 0.5) is 9.93 Å². The van der Waals surface area contributed by atoms with Gasteiger partial charge in [0.2, 0.25) is 0 Å². The van der Waals surface area contributed by atoms with Gasteiger partial charge in [-0.3, -0.25) is 10.1 Å². The third kappa shape index (κ3) is 3.56. The standard InChI is InChI=1S/C16H20N6O2S2/c1-9-13(26-21-20-9)14(23)22-7-6-11-12(8-22)25-16(18-11)19-15(24)17-10-4-2-3-5-10/h10H,2-8H2,1H3,(H2,17,18,19,24). The Bertz CT molecular complexity index is 827. The summed E-state index contributed by atoms with van der Waals surface area (Å²) in [5.74, 6) is -0.0370. The molecule has 1 aliphatic carbocycles. The van der Waals surface area contributed by atoms with Gasteiger partial charge in [-0.1, -0.05) is 28.7 Å². The Morgan fingerprint density at radius 2 is 2.08 bits per heavy atom. The predicted octanol–water partition coefficient (Wildman–Crippen LogP) is 2.57. The van der Waals surface area contributed by atoms with E-state index >= 15 is 0 Å². The third-order valence-corrected chi connectivity index (χ3v) is 6.59. The van der Waals surface area contributed by atoms with Crippen LogP contribution in [-0.4, -0.2) is 44.0 Å². The molecule has 1 saturated carbocycles. The predicted molar refractivity (Wildman–Crippen MR) is 99.6 cm³/mol. The number of thiazole rings is 1. The summed E-state index contributed by atoms with van der Waals surface area (Å²) < 4.78 is 3.84. The SMILES string of the molecule is Cc1nnsc1C(=O)N1CCc2nc(NC(=O)NC3CCCC3)sc2C1. The van der Waals surface area contributed by atoms with Crippen molar-refractivity contribution in [3.8, 4) is 0 Å². The smallest absolute Gasteiger partial charge is 0.321 e. The molecule has 10 heteroatoms. The maximum absolute atomic E-state index is 12.6. The van der Waals surface area contributed by atoms with Crippen LogP contribution in [0.3, 0.4) is 0 Å². The monoisotopic (exact) mass is 392 g/mol. The molecule has 138 valence electrons. The van der Waals surface area contributed by atoms with Gasteiger partial charge in [0.25, 0.3) is 5.91 Å². The fourth-order valence-electron chi connectivity index (χ4n) is 3.38. The number of aromatic nitrogens is 3. The van der Waals surface area contributed by atoms with Crippen LogP contribution in [-0.2, 0) is 13.0 Å². The number of urea groups is 1. The molecular formula is C16H20N6O2S2. The Morgan fingerprint density at radius 1 is 1.27 bits per heavy atom. The lowest BCUT2D eigenvalue weighted by atomic mass is 10.1. The largest absolute Gasteiger partial charge is 0.335 e. The number of anilines is 1. The minimum absolute atomic E-state index is 0.0370. The second-order valence-corrected chi connectivity index (χ2v) is 8.47. The van der Waals surface area contributed by atoms with Gasteiger partial charge in [0, 0.05) is 23.9 Å². The normalized spacial score (nSPS) is 17.2. The van der Waals surface area contributed by atoms with Crippen molar-refractivity contribution in [3.05, 3.63) is 21.1 Å². The fourth-order valence-corrected chi connectivity index (χ4v) is 5.03. The van der Waals surface area contributed by atoms with Gasteiger partial charge in [0.15, 0.2) is 5.13 Å². The lowest BCUT2D eigenvalue weighted by molar-refractivity contribution is 0.0740. The molecule has 3 amide bonds. The quantitative estimate of drug-likeness (QED) is 0.836. The number of hydrogen-bond acceptors (Lipinski definition) is 7. The summed E-state index contributed by atoms with van der Waals surface area (Å²) in [7, 11) is 0. The van der Waals surface area contributed by atoms with Crippen molar-refractivity contribution < 1.29 is 9.59 Å². The van der Waals surface area contributed by atoms with Crippen LogP contribution in [0.5, 0.6) is 0 Å². The number of hydrogen-bond donors (Lipinski definition) is 2. The molecule has 0 bridgehead atoms. The number of aryl methyl sites for hydroxylation is 1. The number of nitrogens with zero attached hydrogens (tertiary/aromatic N) is 4. The van der Waals surface area contributed by atoms with Gasteiger partial charge in [0.1, 0.15) is 4.88 Å². The van der Waals surface area contributed by atoms with Crippen molar-refractivity contribution in [2.45, 2.75) is 51.6 Å². The maximum Gasteiger partial charge on any atom is 0.321 e. The van der Waals surface area contributed by atoms with Crippen molar-refractivity contribution in [3.63, 3.8) is 0 Å². The van der Waals surface area contributed by atoms with Crippen LogP contribution >= 0.6 is 22.9 Å². The summed E-state index contributed by atoms with van der Waals surface area (Å²) in [5.41, 5.74) is 1.63. The number of carbonyl (C=O) groups excluding carboxylic acids is 2. The summed E-state index contributed by atoms with van der Waals surface area (Å²) in [6, 6.07) is 0.0799. The first-order valence-corrected chi connectivity index (χ1v) is 10.3. The van der Waals surface area contributed by atoms with Gasteiger partial charge < -0.3 is 10.2 Å². The molecule has 0 unspecified atom stereocenters. The van der Waals surface area contributed by atoms with E-state index in [2.05, 4.69) is 25.2 Å². The first kappa shape index (κ1) is 17.3. The van der Waals surface area contributed by atoms with E-state index in [1.165, 1.54) is 24.2 Å². The Balaban J connectivity index is 1.39. The highest BCUT2D eigenvalue weighted by molar-refractivity contribution is 7.15. The minimum Gasteiger partial charge on any atom is -0.335 e. The average molecular weight is 393 g/mol. The Labute approximate surface area is 159 Å². The summed E-state index contributed by atoms with van der Waals surface area (Å²) in [4.78, 5) is 32.7. The molecule has 0 saturated heterocycles. The van der Waals surface area contributed by atoms with E-state index in [1.54, 1.807) is 11.8 Å². The van der Waals surface area contributed by atoms with Crippen LogP contribution in [0.1, 0.15) is 51.6 Å². The van der Waals surface area contributed by atoms with Gasteiger partial charge in [0.05, 0.1) is 17.9 Å². The molecule has 0 atom stereocenters. The van der Waals surface area contributed by atoms with E-state index in [-0.39, 0.29) is 18.0 Å². The molecule has 3 heterocycles. The summed E-state index contributed by atoms with van der Waals surface area (Å²) in [6.07, 6.45) is 5.13. The van der Waals surface area contributed by atoms with Crippen molar-refractivity contribution >= 4 is 39.9 Å². The molecule has 2 aromatic heterocycles. The highest BCUT2D eigenvalue weighted by atomic mass is 32.1. The van der Waals surface area contributed by atoms with E-state index in [9.17, 15) is 9.59 Å². The number of rotatable bonds is 3. The Morgan fingerprint density at radius 3 is 2.81 bits per heavy atom. The fraction of sp³-hybridized carbons (Fsp3) is 0.562. The molecule has 4 rings (SSSR count). The zero-order chi connectivity index (χ0) is 18.1. The van der Waals surface area contributed by atoms with E-state index < -0.39 is 0 Å². The number of amides is 3. The highest BCUT2D eigenvalue weighted by Gasteiger charge is 2.27. The molecule has 1 fully saturated rings. The first-order chi connectivity index (χ1) is 12.6. The molecule has 26 heavy (non-hydrogen) atoms.